The van der Waals surface area contributed by atoms with E-state index in [-0.39, 0.29) is 49.9 Å². The molecule has 3 aliphatic heterocycles. The smallest absolute Gasteiger partial charge is 0.325 e. The highest BCUT2D eigenvalue weighted by Gasteiger charge is 2.43. The number of hydrogen-bond donors (Lipinski definition) is 16. The molecule has 17 N–H and O–H groups in total. The van der Waals surface area contributed by atoms with Gasteiger partial charge in [-0.1, -0.05) is 26.0 Å². The van der Waals surface area contributed by atoms with Crippen LogP contribution in [0.15, 0.2) is 24.3 Å². The van der Waals surface area contributed by atoms with Gasteiger partial charge in [0.1, 0.15) is 66.2 Å². The Morgan fingerprint density at radius 3 is 1.54 bits per heavy atom. The molecule has 14 amide bonds. The number of aromatic hydroxyl groups is 1. The van der Waals surface area contributed by atoms with E-state index in [9.17, 15) is 87.2 Å². The molecule has 0 saturated carbocycles. The van der Waals surface area contributed by atoms with Crippen molar-refractivity contribution >= 4 is 88.7 Å². The van der Waals surface area contributed by atoms with E-state index in [1.165, 1.54) is 66.7 Å². The molecule has 498 valence electrons. The lowest BCUT2D eigenvalue weighted by molar-refractivity contribution is -0.147. The van der Waals surface area contributed by atoms with Crippen molar-refractivity contribution in [3.8, 4) is 5.75 Å². The number of phenolic OH excluding ortho intramolecular Hbond substituents is 1. The SMILES string of the molecule is CC(C)C[C@H](NC(=O)[C@H](CO)NC(=O)CNC(=O)[C@H](Cc1ccc(O)cc1)NC(=O)[C@H](C)NC(=O)[C@H](CO)NC(=O)[C@H](C)NC(=O)CNC(=O)[C@@H]1CCCN1C(=O)[C@@H]1CCCN1C(=O)[C@H](C)N)C(=O)NCC(=O)NCC(=O)N1CCC[C@H]1C(=O)N[C@@H](C)C(=O)O. The molecule has 34 heteroatoms. The van der Waals surface area contributed by atoms with Crippen LogP contribution in [0.3, 0.4) is 0 Å². The summed E-state index contributed by atoms with van der Waals surface area (Å²) < 4.78 is 0. The molecule has 0 aliphatic carbocycles. The number of nitrogens with one attached hydrogen (secondary N) is 11. The van der Waals surface area contributed by atoms with E-state index in [0.29, 0.717) is 44.2 Å². The Morgan fingerprint density at radius 2 is 0.967 bits per heavy atom. The molecule has 3 heterocycles. The van der Waals surface area contributed by atoms with Crippen LogP contribution in [0.1, 0.15) is 92.1 Å². The van der Waals surface area contributed by atoms with Crippen LogP contribution in [0.4, 0.5) is 0 Å². The number of hydrogen-bond acceptors (Lipinski definition) is 19. The van der Waals surface area contributed by atoms with Gasteiger partial charge in [-0.15, -0.1) is 0 Å². The lowest BCUT2D eigenvalue weighted by Crippen LogP contribution is -2.59. The third kappa shape index (κ3) is 22.2. The van der Waals surface area contributed by atoms with Crippen molar-refractivity contribution in [2.75, 3.05) is 59.0 Å². The van der Waals surface area contributed by atoms with Crippen LogP contribution in [0.5, 0.6) is 5.75 Å². The minimum Gasteiger partial charge on any atom is -0.508 e. The molecule has 1 aromatic rings. The number of amides is 14. The molecule has 3 saturated heterocycles. The Morgan fingerprint density at radius 1 is 0.489 bits per heavy atom. The van der Waals surface area contributed by atoms with Crippen molar-refractivity contribution in [3.05, 3.63) is 29.8 Å². The van der Waals surface area contributed by atoms with Crippen LogP contribution in [0.25, 0.3) is 0 Å². The number of carboxylic acid groups (broad SMARTS) is 1. The van der Waals surface area contributed by atoms with Gasteiger partial charge in [-0.2, -0.15) is 0 Å². The quantitative estimate of drug-likeness (QED) is 0.0319. The third-order valence-corrected chi connectivity index (χ3v) is 14.9. The van der Waals surface area contributed by atoms with Gasteiger partial charge in [-0.3, -0.25) is 71.9 Å². The molecule has 0 unspecified atom stereocenters. The Labute approximate surface area is 518 Å². The summed E-state index contributed by atoms with van der Waals surface area (Å²) in [5.74, 6) is -12.9. The van der Waals surface area contributed by atoms with E-state index in [2.05, 4.69) is 58.5 Å². The average Bonchev–Trinajstić information content (AvgIpc) is 2.04. The van der Waals surface area contributed by atoms with Crippen LogP contribution in [-0.2, 0) is 78.3 Å². The number of aliphatic carboxylic acids is 1. The van der Waals surface area contributed by atoms with E-state index in [1.54, 1.807) is 13.8 Å². The fourth-order valence-electron chi connectivity index (χ4n) is 9.97. The molecule has 0 bridgehead atoms. The van der Waals surface area contributed by atoms with Gasteiger partial charge in [0, 0.05) is 26.1 Å². The lowest BCUT2D eigenvalue weighted by Gasteiger charge is -2.31. The summed E-state index contributed by atoms with van der Waals surface area (Å²) in [5, 5.41) is 64.9. The molecule has 11 atom stereocenters. The van der Waals surface area contributed by atoms with Gasteiger partial charge in [0.15, 0.2) is 0 Å². The number of likely N-dealkylation sites (tertiary alicyclic amines) is 3. The predicted octanol–water partition coefficient (Wildman–Crippen LogP) is -7.71. The molecular weight excluding hydrogens is 1190 g/mol. The van der Waals surface area contributed by atoms with E-state index in [0.717, 1.165) is 0 Å². The molecule has 3 aliphatic rings. The van der Waals surface area contributed by atoms with Crippen molar-refractivity contribution in [2.45, 2.75) is 159 Å². The van der Waals surface area contributed by atoms with Crippen LogP contribution < -0.4 is 64.2 Å². The molecule has 0 radical (unpaired) electrons. The van der Waals surface area contributed by atoms with Crippen molar-refractivity contribution in [1.29, 1.82) is 0 Å². The second-order valence-corrected chi connectivity index (χ2v) is 22.6. The van der Waals surface area contributed by atoms with E-state index in [1.807, 2.05) is 0 Å². The molecule has 0 spiro atoms. The minimum absolute atomic E-state index is 0.00981. The maximum absolute atomic E-state index is 13.7. The van der Waals surface area contributed by atoms with Gasteiger partial charge >= 0.3 is 5.97 Å². The Hall–Kier alpha value is -9.05. The number of benzene rings is 1. The van der Waals surface area contributed by atoms with Gasteiger partial charge in [0.25, 0.3) is 0 Å². The average molecular weight is 1270 g/mol. The Bertz CT molecular complexity index is 2800. The first kappa shape index (κ1) is 73.4. The van der Waals surface area contributed by atoms with E-state index in [4.69, 9.17) is 10.8 Å². The summed E-state index contributed by atoms with van der Waals surface area (Å²) in [6, 6.07) is -8.17. The van der Waals surface area contributed by atoms with Gasteiger partial charge in [-0.05, 0) is 96.3 Å². The first-order chi connectivity index (χ1) is 42.5. The Balaban J connectivity index is 1.26. The number of aliphatic hydroxyl groups excluding tert-OH is 2. The van der Waals surface area contributed by atoms with Crippen LogP contribution >= 0.6 is 0 Å². The first-order valence-corrected chi connectivity index (χ1v) is 29.5. The molecule has 0 aromatic heterocycles. The maximum Gasteiger partial charge on any atom is 0.325 e. The molecule has 3 fully saturated rings. The number of rotatable bonds is 32. The van der Waals surface area contributed by atoms with Crippen LogP contribution in [0, 0.1) is 5.92 Å². The number of carbonyl (C=O) groups is 15. The largest absolute Gasteiger partial charge is 0.508 e. The molecule has 4 rings (SSSR count). The zero-order chi connectivity index (χ0) is 67.1. The number of aliphatic hydroxyl groups is 2. The highest BCUT2D eigenvalue weighted by molar-refractivity contribution is 5.99. The topological polar surface area (TPSA) is 505 Å². The van der Waals surface area contributed by atoms with Crippen molar-refractivity contribution < 1.29 is 92.3 Å². The van der Waals surface area contributed by atoms with Crippen molar-refractivity contribution in [3.63, 3.8) is 0 Å². The van der Waals surface area contributed by atoms with Crippen LogP contribution in [0.2, 0.25) is 0 Å². The molecular formula is C56H85N15O19. The fourth-order valence-corrected chi connectivity index (χ4v) is 9.97. The summed E-state index contributed by atoms with van der Waals surface area (Å²) in [6.45, 7) is 4.83. The number of nitrogens with zero attached hydrogens (tertiary/aromatic N) is 3. The van der Waals surface area contributed by atoms with E-state index >= 15 is 0 Å². The van der Waals surface area contributed by atoms with Crippen molar-refractivity contribution in [1.82, 2.24) is 73.2 Å². The predicted molar refractivity (Wildman–Crippen MR) is 314 cm³/mol. The second-order valence-electron chi connectivity index (χ2n) is 22.6. The van der Waals surface area contributed by atoms with Gasteiger partial charge in [0.2, 0.25) is 82.7 Å². The van der Waals surface area contributed by atoms with Gasteiger partial charge in [0.05, 0.1) is 45.4 Å². The molecule has 90 heavy (non-hydrogen) atoms. The summed E-state index contributed by atoms with van der Waals surface area (Å²) in [7, 11) is 0. The fraction of sp³-hybridized carbons (Fsp3) is 0.625. The highest BCUT2D eigenvalue weighted by Crippen LogP contribution is 2.26. The minimum atomic E-state index is -1.69. The normalized spacial score (nSPS) is 18.8. The number of phenols is 1. The highest BCUT2D eigenvalue weighted by atomic mass is 16.4. The van der Waals surface area contributed by atoms with Crippen molar-refractivity contribution in [2.24, 2.45) is 11.7 Å². The van der Waals surface area contributed by atoms with Crippen LogP contribution in [-0.4, -0.2) is 249 Å². The standard InChI is InChI=1S/C56H85N15O19/c1-28(2)20-35(48(81)59-22-42(75)58-25-45(78)69-17-7-11-40(69)53(86)64-32(6)56(89)90)67-51(84)37(26-72)65-44(77)24-60-49(82)36(21-33-13-15-34(74)16-14-33)66-47(80)31(5)63-50(83)38(27-73)68-46(79)30(4)62-43(76)23-61-52(85)39-10-8-18-70(39)55(88)41-12-9-19-71(41)54(87)29(3)57/h13-16,28-32,35-41,72-74H,7-12,17-27,57H2,1-6H3,(H,58,75)(H,59,81)(H,60,82)(H,61,85)(H,62,76)(H,63,83)(H,64,86)(H,65,77)(H,66,80)(H,67,84)(H,68,79)(H,89,90)/t29-,30-,31-,32-,35-,36-,37-,38-,39-,40-,41-/m0/s1. The monoisotopic (exact) mass is 1270 g/mol. The first-order valence-electron chi connectivity index (χ1n) is 29.5. The molecule has 1 aromatic carbocycles. The molecule has 34 nitrogen and oxygen atoms in total. The second kappa shape index (κ2) is 35.2. The summed E-state index contributed by atoms with van der Waals surface area (Å²) in [6.07, 6.45) is 2.28. The van der Waals surface area contributed by atoms with E-state index < -0.39 is 189 Å². The summed E-state index contributed by atoms with van der Waals surface area (Å²) >= 11 is 0. The summed E-state index contributed by atoms with van der Waals surface area (Å²) in [4.78, 5) is 199. The van der Waals surface area contributed by atoms with Gasteiger partial charge < -0.3 is 99.3 Å². The maximum atomic E-state index is 13.7. The van der Waals surface area contributed by atoms with Gasteiger partial charge in [-0.25, -0.2) is 0 Å². The number of carbonyl (C=O) groups excluding carboxylic acids is 14. The third-order valence-electron chi connectivity index (χ3n) is 14.9. The Kier molecular flexibility index (Phi) is 28.7. The number of carboxylic acids is 1. The zero-order valence-electron chi connectivity index (χ0n) is 51.1. The number of nitrogens with two attached hydrogens (primary N) is 1. The zero-order valence-corrected chi connectivity index (χ0v) is 51.1. The lowest BCUT2D eigenvalue weighted by atomic mass is 10.0. The summed E-state index contributed by atoms with van der Waals surface area (Å²) in [5.41, 5.74) is 6.17.